The van der Waals surface area contributed by atoms with Crippen LogP contribution in [-0.4, -0.2) is 20.8 Å². The second-order valence-electron chi connectivity index (χ2n) is 4.23. The number of para-hydroxylation sites is 2. The Bertz CT molecular complexity index is 503. The highest BCUT2D eigenvalue weighted by Crippen LogP contribution is 2.35. The van der Waals surface area contributed by atoms with Crippen molar-refractivity contribution in [3.05, 3.63) is 30.1 Å². The molecule has 0 saturated heterocycles. The van der Waals surface area contributed by atoms with Gasteiger partial charge in [0.05, 0.1) is 23.2 Å². The van der Waals surface area contributed by atoms with E-state index in [4.69, 9.17) is 0 Å². The van der Waals surface area contributed by atoms with Gasteiger partial charge in [0.1, 0.15) is 5.82 Å². The fourth-order valence-corrected chi connectivity index (χ4v) is 2.35. The standard InChI is InChI=1S/C12H14N2O/c1-8-13-9-4-2-3-5-10(9)14(8)11-6-7-12(11)15/h2-5,11-12,15H,6-7H2,1H3. The van der Waals surface area contributed by atoms with E-state index in [-0.39, 0.29) is 12.1 Å². The van der Waals surface area contributed by atoms with Crippen LogP contribution >= 0.6 is 0 Å². The zero-order chi connectivity index (χ0) is 10.4. The van der Waals surface area contributed by atoms with Gasteiger partial charge in [-0.05, 0) is 31.9 Å². The van der Waals surface area contributed by atoms with E-state index in [0.29, 0.717) is 0 Å². The van der Waals surface area contributed by atoms with E-state index in [0.717, 1.165) is 29.7 Å². The summed E-state index contributed by atoms with van der Waals surface area (Å²) in [6.45, 7) is 2.00. The summed E-state index contributed by atoms with van der Waals surface area (Å²) in [4.78, 5) is 4.50. The van der Waals surface area contributed by atoms with Crippen LogP contribution in [0.1, 0.15) is 24.7 Å². The Balaban J connectivity index is 2.20. The Kier molecular flexibility index (Phi) is 1.83. The Morgan fingerprint density at radius 1 is 1.33 bits per heavy atom. The smallest absolute Gasteiger partial charge is 0.107 e. The Labute approximate surface area is 88.4 Å². The summed E-state index contributed by atoms with van der Waals surface area (Å²) >= 11 is 0. The van der Waals surface area contributed by atoms with Crippen LogP contribution in [0.25, 0.3) is 11.0 Å². The van der Waals surface area contributed by atoms with E-state index >= 15 is 0 Å². The van der Waals surface area contributed by atoms with Crippen molar-refractivity contribution in [2.45, 2.75) is 31.9 Å². The maximum Gasteiger partial charge on any atom is 0.107 e. The first kappa shape index (κ1) is 8.92. The van der Waals surface area contributed by atoms with Gasteiger partial charge in [-0.25, -0.2) is 4.98 Å². The van der Waals surface area contributed by atoms with Crippen LogP contribution in [0.2, 0.25) is 0 Å². The van der Waals surface area contributed by atoms with Crippen LogP contribution in [-0.2, 0) is 0 Å². The maximum absolute atomic E-state index is 9.71. The summed E-state index contributed by atoms with van der Waals surface area (Å²) in [6, 6.07) is 8.34. The van der Waals surface area contributed by atoms with Gasteiger partial charge in [0.2, 0.25) is 0 Å². The number of hydrogen-bond acceptors (Lipinski definition) is 2. The van der Waals surface area contributed by atoms with Crippen LogP contribution in [0.15, 0.2) is 24.3 Å². The maximum atomic E-state index is 9.71. The van der Waals surface area contributed by atoms with Gasteiger partial charge in [-0.2, -0.15) is 0 Å². The number of aliphatic hydroxyl groups is 1. The normalized spacial score (nSPS) is 25.5. The van der Waals surface area contributed by atoms with E-state index in [2.05, 4.69) is 15.6 Å². The first-order chi connectivity index (χ1) is 7.27. The lowest BCUT2D eigenvalue weighted by molar-refractivity contribution is 0.0326. The number of fused-ring (bicyclic) bond motifs is 1. The third kappa shape index (κ3) is 1.20. The molecule has 3 nitrogen and oxygen atoms in total. The van der Waals surface area contributed by atoms with Crippen LogP contribution in [0.3, 0.4) is 0 Å². The van der Waals surface area contributed by atoms with Crippen molar-refractivity contribution in [3.63, 3.8) is 0 Å². The molecule has 0 spiro atoms. The molecule has 1 N–H and O–H groups in total. The largest absolute Gasteiger partial charge is 0.391 e. The van der Waals surface area contributed by atoms with Gasteiger partial charge in [-0.1, -0.05) is 12.1 Å². The molecule has 0 amide bonds. The molecule has 78 valence electrons. The minimum absolute atomic E-state index is 0.193. The van der Waals surface area contributed by atoms with Crippen LogP contribution in [0.5, 0.6) is 0 Å². The van der Waals surface area contributed by atoms with E-state index in [9.17, 15) is 5.11 Å². The van der Waals surface area contributed by atoms with E-state index in [1.54, 1.807) is 0 Å². The van der Waals surface area contributed by atoms with Crippen molar-refractivity contribution < 1.29 is 5.11 Å². The Hall–Kier alpha value is -1.35. The second kappa shape index (κ2) is 3.07. The molecule has 3 rings (SSSR count). The molecular weight excluding hydrogens is 188 g/mol. The molecule has 1 fully saturated rings. The minimum Gasteiger partial charge on any atom is -0.391 e. The SMILES string of the molecule is Cc1nc2ccccc2n1C1CCC1O. The van der Waals surface area contributed by atoms with Gasteiger partial charge in [-0.15, -0.1) is 0 Å². The summed E-state index contributed by atoms with van der Waals surface area (Å²) in [5, 5.41) is 9.71. The van der Waals surface area contributed by atoms with Gasteiger partial charge < -0.3 is 9.67 Å². The van der Waals surface area contributed by atoms with Crippen molar-refractivity contribution in [1.82, 2.24) is 9.55 Å². The van der Waals surface area contributed by atoms with Crippen LogP contribution in [0.4, 0.5) is 0 Å². The number of imidazole rings is 1. The number of rotatable bonds is 1. The molecule has 0 radical (unpaired) electrons. The third-order valence-electron chi connectivity index (χ3n) is 3.31. The average molecular weight is 202 g/mol. The monoisotopic (exact) mass is 202 g/mol. The predicted octanol–water partition coefficient (Wildman–Crippen LogP) is 2.04. The molecule has 1 aromatic heterocycles. The summed E-state index contributed by atoms with van der Waals surface area (Å²) in [6.07, 6.45) is 1.78. The molecule has 2 unspecified atom stereocenters. The number of hydrogen-bond donors (Lipinski definition) is 1. The van der Waals surface area contributed by atoms with Crippen LogP contribution in [0, 0.1) is 6.92 Å². The van der Waals surface area contributed by atoms with Crippen LogP contribution < -0.4 is 0 Å². The number of aliphatic hydroxyl groups excluding tert-OH is 1. The molecule has 1 saturated carbocycles. The lowest BCUT2D eigenvalue weighted by atomic mass is 9.89. The summed E-state index contributed by atoms with van der Waals surface area (Å²) < 4.78 is 2.17. The van der Waals surface area contributed by atoms with Gasteiger partial charge in [-0.3, -0.25) is 0 Å². The number of nitrogens with zero attached hydrogens (tertiary/aromatic N) is 2. The molecule has 1 heterocycles. The quantitative estimate of drug-likeness (QED) is 0.768. The lowest BCUT2D eigenvalue weighted by Crippen LogP contribution is -2.34. The summed E-state index contributed by atoms with van der Waals surface area (Å²) in [7, 11) is 0. The molecule has 15 heavy (non-hydrogen) atoms. The molecule has 1 aliphatic carbocycles. The third-order valence-corrected chi connectivity index (χ3v) is 3.31. The fraction of sp³-hybridized carbons (Fsp3) is 0.417. The summed E-state index contributed by atoms with van der Waals surface area (Å²) in [5.74, 6) is 1.000. The average Bonchev–Trinajstić information content (AvgIpc) is 2.54. The van der Waals surface area contributed by atoms with Gasteiger partial charge in [0.15, 0.2) is 0 Å². The highest BCUT2D eigenvalue weighted by atomic mass is 16.3. The van der Waals surface area contributed by atoms with Crippen molar-refractivity contribution >= 4 is 11.0 Å². The van der Waals surface area contributed by atoms with Gasteiger partial charge in [0, 0.05) is 0 Å². The topological polar surface area (TPSA) is 38.0 Å². The van der Waals surface area contributed by atoms with E-state index in [1.807, 2.05) is 25.1 Å². The van der Waals surface area contributed by atoms with Crippen molar-refractivity contribution in [2.24, 2.45) is 0 Å². The van der Waals surface area contributed by atoms with Gasteiger partial charge in [0.25, 0.3) is 0 Å². The molecule has 1 aromatic carbocycles. The predicted molar refractivity (Wildman–Crippen MR) is 58.7 cm³/mol. The molecular formula is C12H14N2O. The first-order valence-electron chi connectivity index (χ1n) is 5.39. The summed E-state index contributed by atoms with van der Waals surface area (Å²) in [5.41, 5.74) is 2.16. The van der Waals surface area contributed by atoms with Crippen molar-refractivity contribution in [1.29, 1.82) is 0 Å². The highest BCUT2D eigenvalue weighted by Gasteiger charge is 2.32. The molecule has 1 aliphatic rings. The lowest BCUT2D eigenvalue weighted by Gasteiger charge is -2.34. The highest BCUT2D eigenvalue weighted by molar-refractivity contribution is 5.76. The zero-order valence-corrected chi connectivity index (χ0v) is 8.72. The molecule has 3 heteroatoms. The number of aromatic nitrogens is 2. The molecule has 0 bridgehead atoms. The van der Waals surface area contributed by atoms with Crippen molar-refractivity contribution in [3.8, 4) is 0 Å². The Morgan fingerprint density at radius 2 is 2.13 bits per heavy atom. The van der Waals surface area contributed by atoms with E-state index in [1.165, 1.54) is 0 Å². The number of benzene rings is 1. The first-order valence-corrected chi connectivity index (χ1v) is 5.39. The molecule has 2 atom stereocenters. The zero-order valence-electron chi connectivity index (χ0n) is 8.72. The molecule has 0 aliphatic heterocycles. The molecule has 2 aromatic rings. The second-order valence-corrected chi connectivity index (χ2v) is 4.23. The Morgan fingerprint density at radius 3 is 2.80 bits per heavy atom. The fourth-order valence-electron chi connectivity index (χ4n) is 2.35. The van der Waals surface area contributed by atoms with E-state index < -0.39 is 0 Å². The number of aryl methyl sites for hydroxylation is 1. The van der Waals surface area contributed by atoms with Crippen molar-refractivity contribution in [2.75, 3.05) is 0 Å². The van der Waals surface area contributed by atoms with Gasteiger partial charge >= 0.3 is 0 Å². The minimum atomic E-state index is -0.193.